The third-order valence-electron chi connectivity index (χ3n) is 14.4. The highest BCUT2D eigenvalue weighted by Crippen LogP contribution is 2.57. The third-order valence-corrected chi connectivity index (χ3v) is 14.4. The van der Waals surface area contributed by atoms with Gasteiger partial charge in [-0.1, -0.05) is 29.8 Å². The largest absolute Gasteiger partial charge is 0.496 e. The van der Waals surface area contributed by atoms with E-state index < -0.39 is 22.9 Å². The fourth-order valence-corrected chi connectivity index (χ4v) is 12.2. The number of aliphatic hydroxyl groups excluding tert-OH is 2. The second-order valence-corrected chi connectivity index (χ2v) is 16.6. The smallest absolute Gasteiger partial charge is 0.319 e. The number of rotatable bonds is 6. The minimum Gasteiger partial charge on any atom is -0.496 e. The van der Waals surface area contributed by atoms with Crippen molar-refractivity contribution >= 4 is 33.7 Å². The summed E-state index contributed by atoms with van der Waals surface area (Å²) in [5.74, 6) is -0.304. The number of benzene rings is 2. The molecule has 2 aromatic carbocycles. The van der Waals surface area contributed by atoms with E-state index in [1.54, 1.807) is 7.11 Å². The average molecular weight is 737 g/mol. The number of carbonyl (C=O) groups excluding carboxylic acids is 2. The number of ether oxygens (including phenoxy) is 3. The van der Waals surface area contributed by atoms with Gasteiger partial charge in [0.15, 0.2) is 0 Å². The Morgan fingerprint density at radius 1 is 1.04 bits per heavy atom. The van der Waals surface area contributed by atoms with Crippen LogP contribution in [0.1, 0.15) is 67.1 Å². The van der Waals surface area contributed by atoms with Crippen molar-refractivity contribution < 1.29 is 34.0 Å². The van der Waals surface area contributed by atoms with Gasteiger partial charge in [0.1, 0.15) is 16.6 Å². The number of esters is 2. The van der Waals surface area contributed by atoms with Crippen molar-refractivity contribution in [1.82, 2.24) is 20.2 Å². The second-order valence-electron chi connectivity index (χ2n) is 16.6. The molecule has 0 spiro atoms. The molecule has 0 radical (unpaired) electrons. The van der Waals surface area contributed by atoms with Crippen LogP contribution in [-0.2, 0) is 37.3 Å². The van der Waals surface area contributed by atoms with Gasteiger partial charge in [0.2, 0.25) is 0 Å². The molecule has 4 aliphatic heterocycles. The summed E-state index contributed by atoms with van der Waals surface area (Å²) in [6.07, 6.45) is 4.88. The summed E-state index contributed by atoms with van der Waals surface area (Å²) in [5, 5.41) is 28.2. The molecule has 6 bridgehead atoms. The number of para-hydroxylation sites is 1. The molecule has 3 saturated heterocycles. The number of nitrogens with one attached hydrogen (secondary N) is 3. The van der Waals surface area contributed by atoms with E-state index in [4.69, 9.17) is 14.2 Å². The first-order valence-corrected chi connectivity index (χ1v) is 19.6. The van der Waals surface area contributed by atoms with Gasteiger partial charge in [-0.15, -0.1) is 0 Å². The maximum Gasteiger partial charge on any atom is 0.319 e. The SMILES string of the molecule is C/C=C1/CN[C@H]2Cc3c([nH]c4ccccc34)[C@H](c3cc4c5c([nH]c4cc3OC)[C@]3(C(=O)OC)C[C@H]4C[C@H]([C@H](C)O)[C@@H]3N(CC5)C4)C[C@H]1[C@]2(CO)C(=O)OC. The fourth-order valence-electron chi connectivity index (χ4n) is 12.2. The van der Waals surface area contributed by atoms with Crippen LogP contribution in [0.3, 0.4) is 0 Å². The first-order valence-electron chi connectivity index (χ1n) is 19.6. The lowest BCUT2D eigenvalue weighted by atomic mass is 9.56. The summed E-state index contributed by atoms with van der Waals surface area (Å²) < 4.78 is 17.5. The van der Waals surface area contributed by atoms with Crippen LogP contribution in [0.4, 0.5) is 0 Å². The Hall–Kier alpha value is -4.16. The van der Waals surface area contributed by atoms with E-state index in [1.165, 1.54) is 14.2 Å². The maximum absolute atomic E-state index is 14.3. The molecule has 6 heterocycles. The number of carbonyl (C=O) groups is 2. The van der Waals surface area contributed by atoms with Crippen LogP contribution in [0.25, 0.3) is 21.8 Å². The van der Waals surface area contributed by atoms with E-state index in [0.717, 1.165) is 81.4 Å². The molecule has 1 unspecified atom stereocenters. The molecular formula is C43H52N4O7. The van der Waals surface area contributed by atoms with Gasteiger partial charge in [-0.25, -0.2) is 0 Å². The van der Waals surface area contributed by atoms with Crippen molar-refractivity contribution in [2.24, 2.45) is 23.2 Å². The monoisotopic (exact) mass is 736 g/mol. The Morgan fingerprint density at radius 3 is 2.56 bits per heavy atom. The zero-order valence-corrected chi connectivity index (χ0v) is 31.8. The van der Waals surface area contributed by atoms with Crippen molar-refractivity contribution in [2.75, 3.05) is 47.6 Å². The van der Waals surface area contributed by atoms with Gasteiger partial charge >= 0.3 is 11.9 Å². The first kappa shape index (κ1) is 35.5. The van der Waals surface area contributed by atoms with E-state index in [-0.39, 0.29) is 48.3 Å². The minimum atomic E-state index is -1.20. The molecule has 10 rings (SSSR count). The van der Waals surface area contributed by atoms with Crippen molar-refractivity contribution in [3.8, 4) is 5.75 Å². The lowest BCUT2D eigenvalue weighted by Crippen LogP contribution is -2.68. The standard InChI is InChI=1S/C43H52N4O7/c1-6-24-19-44-36-16-31-25-9-7-8-10-33(25)45-37(31)30(15-32(24)43(36,21-48)41(51)54-5)29-14-28-26-11-12-47-20-23-13-27(22(2)49)39(47)42(18-23,40(50)53-4)38(26)46-34(28)17-35(29)52-3/h6-10,14,17,22-23,27,30,32,36,39,44-46,48-49H,11-13,15-16,18-21H2,1-5H3/b24-6-/t22-,23+,27+,30-,32+,36-,39-,42+,43-/m0/s1. The number of aliphatic hydroxyl groups is 2. The molecule has 11 heteroatoms. The predicted molar refractivity (Wildman–Crippen MR) is 205 cm³/mol. The Bertz CT molecular complexity index is 2190. The van der Waals surface area contributed by atoms with Crippen LogP contribution in [0.15, 0.2) is 48.0 Å². The van der Waals surface area contributed by atoms with Crippen LogP contribution in [0.5, 0.6) is 5.75 Å². The van der Waals surface area contributed by atoms with Crippen LogP contribution in [-0.4, -0.2) is 103 Å². The zero-order chi connectivity index (χ0) is 37.7. The van der Waals surface area contributed by atoms with Crippen molar-refractivity contribution in [3.63, 3.8) is 0 Å². The predicted octanol–water partition coefficient (Wildman–Crippen LogP) is 4.48. The van der Waals surface area contributed by atoms with Gasteiger partial charge in [0, 0.05) is 94.3 Å². The third kappa shape index (κ3) is 4.74. The molecule has 0 amide bonds. The number of fused-ring (bicyclic) bond motifs is 9. The van der Waals surface area contributed by atoms with Crippen LogP contribution in [0, 0.1) is 23.2 Å². The van der Waals surface area contributed by atoms with Crippen LogP contribution >= 0.6 is 0 Å². The summed E-state index contributed by atoms with van der Waals surface area (Å²) in [4.78, 5) is 38.3. The number of methoxy groups -OCH3 is 3. The summed E-state index contributed by atoms with van der Waals surface area (Å²) in [7, 11) is 4.58. The number of nitrogens with zero attached hydrogens (tertiary/aromatic N) is 1. The quantitative estimate of drug-likeness (QED) is 0.143. The topological polar surface area (TPSA) is 149 Å². The van der Waals surface area contributed by atoms with Crippen molar-refractivity contribution in [2.45, 2.75) is 75.5 Å². The summed E-state index contributed by atoms with van der Waals surface area (Å²) >= 11 is 0. The van der Waals surface area contributed by atoms with Crippen LogP contribution in [0.2, 0.25) is 0 Å². The number of allylic oxidation sites excluding steroid dienone is 1. The van der Waals surface area contributed by atoms with E-state index in [9.17, 15) is 19.8 Å². The first-order chi connectivity index (χ1) is 26.1. The van der Waals surface area contributed by atoms with Gasteiger partial charge in [-0.2, -0.15) is 0 Å². The van der Waals surface area contributed by atoms with Crippen molar-refractivity contribution in [1.29, 1.82) is 0 Å². The molecule has 5 N–H and O–H groups in total. The van der Waals surface area contributed by atoms with E-state index in [2.05, 4.69) is 50.5 Å². The highest BCUT2D eigenvalue weighted by Gasteiger charge is 2.64. The molecule has 54 heavy (non-hydrogen) atoms. The molecule has 2 aliphatic carbocycles. The highest BCUT2D eigenvalue weighted by molar-refractivity contribution is 5.93. The number of aromatic nitrogens is 2. The number of hydrogen-bond donors (Lipinski definition) is 5. The van der Waals surface area contributed by atoms with Gasteiger partial charge in [-0.3, -0.25) is 14.5 Å². The maximum atomic E-state index is 14.3. The highest BCUT2D eigenvalue weighted by atomic mass is 16.5. The van der Waals surface area contributed by atoms with E-state index in [1.807, 2.05) is 26.0 Å². The van der Waals surface area contributed by atoms with E-state index in [0.29, 0.717) is 31.6 Å². The Balaban J connectivity index is 1.29. The van der Waals surface area contributed by atoms with Gasteiger partial charge in [0.25, 0.3) is 0 Å². The van der Waals surface area contributed by atoms with Gasteiger partial charge in [0.05, 0.1) is 34.0 Å². The average Bonchev–Trinajstić information content (AvgIpc) is 3.72. The lowest BCUT2D eigenvalue weighted by Gasteiger charge is -2.58. The molecule has 1 saturated carbocycles. The summed E-state index contributed by atoms with van der Waals surface area (Å²) in [6, 6.07) is 12.1. The Labute approximate surface area is 315 Å². The minimum absolute atomic E-state index is 0.0503. The van der Waals surface area contributed by atoms with Gasteiger partial charge < -0.3 is 39.7 Å². The molecule has 4 fully saturated rings. The molecular weight excluding hydrogens is 684 g/mol. The Kier molecular flexibility index (Phi) is 8.53. The molecule has 4 aromatic rings. The zero-order valence-electron chi connectivity index (χ0n) is 31.8. The molecule has 6 aliphatic rings. The van der Waals surface area contributed by atoms with Gasteiger partial charge in [-0.05, 0) is 75.1 Å². The molecule has 11 nitrogen and oxygen atoms in total. The fraction of sp³-hybridized carbons (Fsp3) is 0.535. The normalized spacial score (nSPS) is 34.1. The lowest BCUT2D eigenvalue weighted by molar-refractivity contribution is -0.166. The summed E-state index contributed by atoms with van der Waals surface area (Å²) in [6.45, 7) is 5.80. The summed E-state index contributed by atoms with van der Waals surface area (Å²) in [5.41, 5.74) is 6.00. The number of H-pyrrole nitrogens is 2. The second kappa shape index (κ2) is 13.0. The Morgan fingerprint density at radius 2 is 1.83 bits per heavy atom. The number of piperidine rings is 3. The number of hydrogen-bond acceptors (Lipinski definition) is 9. The van der Waals surface area contributed by atoms with Crippen LogP contribution < -0.4 is 10.1 Å². The number of aromatic amines is 2. The molecule has 10 atom stereocenters. The van der Waals surface area contributed by atoms with E-state index >= 15 is 0 Å². The van der Waals surface area contributed by atoms with Crippen molar-refractivity contribution in [3.05, 3.63) is 76.1 Å². The molecule has 286 valence electrons. The molecule has 2 aromatic heterocycles.